The first kappa shape index (κ1) is 18.7. The van der Waals surface area contributed by atoms with Gasteiger partial charge in [-0.2, -0.15) is 0 Å². The molecule has 0 aromatic heterocycles. The van der Waals surface area contributed by atoms with E-state index >= 15 is 0 Å². The van der Waals surface area contributed by atoms with Gasteiger partial charge in [0, 0.05) is 23.2 Å². The number of rotatable bonds is 6. The normalized spacial score (nSPS) is 14.2. The average Bonchev–Trinajstić information content (AvgIpc) is 2.67. The Bertz CT molecular complexity index is 743. The van der Waals surface area contributed by atoms with E-state index in [1.54, 1.807) is 0 Å². The highest BCUT2D eigenvalue weighted by atomic mass is 79.9. The molecule has 0 unspecified atom stereocenters. The molecule has 0 bridgehead atoms. The molecule has 0 saturated carbocycles. The van der Waals surface area contributed by atoms with Crippen LogP contribution in [-0.2, 0) is 16.0 Å². The third-order valence-electron chi connectivity index (χ3n) is 4.28. The summed E-state index contributed by atoms with van der Waals surface area (Å²) in [6, 6.07) is 13.6. The second-order valence-corrected chi connectivity index (χ2v) is 6.95. The smallest absolute Gasteiger partial charge is 0.262 e. The molecule has 1 aliphatic rings. The van der Waals surface area contributed by atoms with Crippen LogP contribution in [0.2, 0.25) is 0 Å². The fourth-order valence-corrected chi connectivity index (χ4v) is 3.44. The molecule has 138 valence electrons. The fraction of sp³-hybridized carbons (Fsp3) is 0.350. The molecular weight excluding hydrogens is 396 g/mol. The highest BCUT2D eigenvalue weighted by Crippen LogP contribution is 2.29. The summed E-state index contributed by atoms with van der Waals surface area (Å²) in [5.41, 5.74) is 3.09. The second-order valence-electron chi connectivity index (χ2n) is 6.10. The molecule has 1 N–H and O–H groups in total. The number of anilines is 2. The standard InChI is InChI=1S/C20H23BrN2O3/c1-2-15-3-6-17(7-4-15)26-14-20(24)22-16-5-8-19(18(21)13-16)23-9-11-25-12-10-23/h3-8,13H,2,9-12,14H2,1H3,(H,22,24). The number of hydrogen-bond donors (Lipinski definition) is 1. The molecule has 1 aliphatic heterocycles. The highest BCUT2D eigenvalue weighted by molar-refractivity contribution is 9.10. The van der Waals surface area contributed by atoms with E-state index in [1.165, 1.54) is 5.56 Å². The average molecular weight is 419 g/mol. The Balaban J connectivity index is 1.54. The number of carbonyl (C=O) groups is 1. The number of aryl methyl sites for hydroxylation is 1. The van der Waals surface area contributed by atoms with Gasteiger partial charge < -0.3 is 19.7 Å². The number of nitrogens with zero attached hydrogens (tertiary/aromatic N) is 1. The summed E-state index contributed by atoms with van der Waals surface area (Å²) in [5, 5.41) is 2.87. The minimum Gasteiger partial charge on any atom is -0.484 e. The zero-order valence-electron chi connectivity index (χ0n) is 14.8. The molecule has 6 heteroatoms. The zero-order valence-corrected chi connectivity index (χ0v) is 16.4. The van der Waals surface area contributed by atoms with Crippen LogP contribution in [0.15, 0.2) is 46.9 Å². The van der Waals surface area contributed by atoms with Crippen molar-refractivity contribution in [2.45, 2.75) is 13.3 Å². The van der Waals surface area contributed by atoms with Gasteiger partial charge in [0.1, 0.15) is 5.75 Å². The third kappa shape index (κ3) is 4.99. The minimum atomic E-state index is -0.185. The quantitative estimate of drug-likeness (QED) is 0.773. The molecule has 3 rings (SSSR count). The van der Waals surface area contributed by atoms with Crippen LogP contribution in [0.25, 0.3) is 0 Å². The first-order chi connectivity index (χ1) is 12.7. The zero-order chi connectivity index (χ0) is 18.4. The van der Waals surface area contributed by atoms with E-state index in [1.807, 2.05) is 42.5 Å². The Morgan fingerprint density at radius 1 is 1.19 bits per heavy atom. The van der Waals surface area contributed by atoms with Crippen LogP contribution in [0, 0.1) is 0 Å². The fourth-order valence-electron chi connectivity index (χ4n) is 2.81. The summed E-state index contributed by atoms with van der Waals surface area (Å²) in [6.45, 7) is 5.30. The molecule has 1 heterocycles. The number of halogens is 1. The van der Waals surface area contributed by atoms with Crippen molar-refractivity contribution >= 4 is 33.2 Å². The second kappa shape index (κ2) is 9.05. The van der Waals surface area contributed by atoms with Gasteiger partial charge in [-0.3, -0.25) is 4.79 Å². The van der Waals surface area contributed by atoms with Crippen LogP contribution in [0.5, 0.6) is 5.75 Å². The van der Waals surface area contributed by atoms with E-state index in [-0.39, 0.29) is 12.5 Å². The van der Waals surface area contributed by atoms with Crippen molar-refractivity contribution in [3.05, 3.63) is 52.5 Å². The molecule has 2 aromatic carbocycles. The van der Waals surface area contributed by atoms with Crippen LogP contribution in [0.3, 0.4) is 0 Å². The molecule has 1 amide bonds. The number of amides is 1. The van der Waals surface area contributed by atoms with Gasteiger partial charge in [-0.1, -0.05) is 19.1 Å². The molecular formula is C20H23BrN2O3. The lowest BCUT2D eigenvalue weighted by Gasteiger charge is -2.29. The number of carbonyl (C=O) groups excluding carboxylic acids is 1. The van der Waals surface area contributed by atoms with Crippen molar-refractivity contribution in [2.24, 2.45) is 0 Å². The summed E-state index contributed by atoms with van der Waals surface area (Å²) < 4.78 is 11.9. The van der Waals surface area contributed by atoms with E-state index in [9.17, 15) is 4.79 Å². The molecule has 5 nitrogen and oxygen atoms in total. The number of ether oxygens (including phenoxy) is 2. The minimum absolute atomic E-state index is 0.0195. The van der Waals surface area contributed by atoms with Crippen molar-refractivity contribution in [2.75, 3.05) is 43.1 Å². The number of morpholine rings is 1. The van der Waals surface area contributed by atoms with Gasteiger partial charge in [-0.05, 0) is 58.2 Å². The maximum Gasteiger partial charge on any atom is 0.262 e. The van der Waals surface area contributed by atoms with Crippen molar-refractivity contribution < 1.29 is 14.3 Å². The van der Waals surface area contributed by atoms with Crippen LogP contribution in [0.4, 0.5) is 11.4 Å². The summed E-state index contributed by atoms with van der Waals surface area (Å²) in [6.07, 6.45) is 0.982. The van der Waals surface area contributed by atoms with Gasteiger partial charge in [0.05, 0.1) is 18.9 Å². The first-order valence-electron chi connectivity index (χ1n) is 8.79. The molecule has 0 aliphatic carbocycles. The monoisotopic (exact) mass is 418 g/mol. The van der Waals surface area contributed by atoms with Crippen molar-refractivity contribution in [1.82, 2.24) is 0 Å². The highest BCUT2D eigenvalue weighted by Gasteiger charge is 2.14. The Morgan fingerprint density at radius 3 is 2.58 bits per heavy atom. The van der Waals surface area contributed by atoms with E-state index in [0.717, 1.165) is 48.6 Å². The Hall–Kier alpha value is -2.05. The van der Waals surface area contributed by atoms with Crippen LogP contribution in [0.1, 0.15) is 12.5 Å². The van der Waals surface area contributed by atoms with Crippen LogP contribution in [-0.4, -0.2) is 38.8 Å². The summed E-state index contributed by atoms with van der Waals surface area (Å²) in [7, 11) is 0. The van der Waals surface area contributed by atoms with E-state index in [4.69, 9.17) is 9.47 Å². The van der Waals surface area contributed by atoms with Crippen molar-refractivity contribution in [1.29, 1.82) is 0 Å². The van der Waals surface area contributed by atoms with Gasteiger partial charge >= 0.3 is 0 Å². The van der Waals surface area contributed by atoms with Gasteiger partial charge in [0.25, 0.3) is 5.91 Å². The van der Waals surface area contributed by atoms with Gasteiger partial charge in [0.15, 0.2) is 6.61 Å². The van der Waals surface area contributed by atoms with Gasteiger partial charge in [-0.15, -0.1) is 0 Å². The maximum atomic E-state index is 12.1. The summed E-state index contributed by atoms with van der Waals surface area (Å²) in [5.74, 6) is 0.511. The Kier molecular flexibility index (Phi) is 6.52. The van der Waals surface area contributed by atoms with Crippen LogP contribution >= 0.6 is 15.9 Å². The number of nitrogens with one attached hydrogen (secondary N) is 1. The molecule has 2 aromatic rings. The van der Waals surface area contributed by atoms with Crippen molar-refractivity contribution in [3.63, 3.8) is 0 Å². The van der Waals surface area contributed by atoms with Gasteiger partial charge in [-0.25, -0.2) is 0 Å². The largest absolute Gasteiger partial charge is 0.484 e. The summed E-state index contributed by atoms with van der Waals surface area (Å²) in [4.78, 5) is 14.4. The number of benzene rings is 2. The third-order valence-corrected chi connectivity index (χ3v) is 4.92. The molecule has 0 spiro atoms. The lowest BCUT2D eigenvalue weighted by molar-refractivity contribution is -0.118. The lowest BCUT2D eigenvalue weighted by atomic mass is 10.2. The first-order valence-corrected chi connectivity index (χ1v) is 9.59. The van der Waals surface area contributed by atoms with Crippen molar-refractivity contribution in [3.8, 4) is 5.75 Å². The lowest BCUT2D eigenvalue weighted by Crippen LogP contribution is -2.36. The van der Waals surface area contributed by atoms with Crippen LogP contribution < -0.4 is 15.0 Å². The molecule has 1 saturated heterocycles. The number of hydrogen-bond acceptors (Lipinski definition) is 4. The Morgan fingerprint density at radius 2 is 1.92 bits per heavy atom. The topological polar surface area (TPSA) is 50.8 Å². The predicted molar refractivity (Wildman–Crippen MR) is 107 cm³/mol. The maximum absolute atomic E-state index is 12.1. The Labute approximate surface area is 162 Å². The molecule has 26 heavy (non-hydrogen) atoms. The van der Waals surface area contributed by atoms with E-state index < -0.39 is 0 Å². The SMILES string of the molecule is CCc1ccc(OCC(=O)Nc2ccc(N3CCOCC3)c(Br)c2)cc1. The van der Waals surface area contributed by atoms with Gasteiger partial charge in [0.2, 0.25) is 0 Å². The molecule has 0 radical (unpaired) electrons. The summed E-state index contributed by atoms with van der Waals surface area (Å²) >= 11 is 3.60. The van der Waals surface area contributed by atoms with E-state index in [0.29, 0.717) is 5.75 Å². The predicted octanol–water partition coefficient (Wildman–Crippen LogP) is 3.87. The van der Waals surface area contributed by atoms with E-state index in [2.05, 4.69) is 33.1 Å². The molecule has 0 atom stereocenters. The molecule has 1 fully saturated rings.